The van der Waals surface area contributed by atoms with E-state index in [-0.39, 0.29) is 0 Å². The van der Waals surface area contributed by atoms with Gasteiger partial charge in [0.05, 0.1) is 11.4 Å². The van der Waals surface area contributed by atoms with Crippen LogP contribution in [0.15, 0.2) is 61.4 Å². The molecule has 0 N–H and O–H groups in total. The molecule has 6 nitrogen and oxygen atoms in total. The van der Waals surface area contributed by atoms with Crippen LogP contribution in [0.3, 0.4) is 0 Å². The first-order valence-electron chi connectivity index (χ1n) is 26.0. The monoisotopic (exact) mass is 895 g/mol. The van der Waals surface area contributed by atoms with E-state index in [4.69, 9.17) is 0 Å². The summed E-state index contributed by atoms with van der Waals surface area (Å²) in [6.45, 7) is 66.9. The van der Waals surface area contributed by atoms with Crippen LogP contribution in [-0.2, 0) is 0 Å². The van der Waals surface area contributed by atoms with E-state index < -0.39 is 0 Å². The second kappa shape index (κ2) is 55.6. The molecule has 376 valence electrons. The molecule has 0 unspecified atom stereocenters. The van der Waals surface area contributed by atoms with Gasteiger partial charge in [-0.2, -0.15) is 5.10 Å². The fourth-order valence-corrected chi connectivity index (χ4v) is 5.39. The molecule has 0 fully saturated rings. The summed E-state index contributed by atoms with van der Waals surface area (Å²) in [5, 5.41) is 7.87. The van der Waals surface area contributed by atoms with Crippen LogP contribution >= 0.6 is 0 Å². The molecule has 0 bridgehead atoms. The third-order valence-corrected chi connectivity index (χ3v) is 7.99. The van der Waals surface area contributed by atoms with Gasteiger partial charge in [-0.25, -0.2) is 15.0 Å². The summed E-state index contributed by atoms with van der Waals surface area (Å²) in [7, 11) is 0. The topological polar surface area (TPSA) is 77.3 Å². The molecule has 1 aromatic carbocycles. The van der Waals surface area contributed by atoms with Crippen molar-refractivity contribution in [1.82, 2.24) is 30.1 Å². The molecule has 4 aromatic rings. The Morgan fingerprint density at radius 3 is 0.891 bits per heavy atom. The van der Waals surface area contributed by atoms with E-state index in [1.807, 2.05) is 129 Å². The van der Waals surface area contributed by atoms with Crippen LogP contribution in [0.1, 0.15) is 314 Å². The maximum atomic E-state index is 4.40. The molecule has 0 radical (unpaired) electrons. The summed E-state index contributed by atoms with van der Waals surface area (Å²) in [6.07, 6.45) is 6.94. The normalized spacial score (nSPS) is 9.12. The quantitative estimate of drug-likeness (QED) is 0.175. The molecule has 0 aliphatic rings. The van der Waals surface area contributed by atoms with Gasteiger partial charge in [0, 0.05) is 23.8 Å². The Morgan fingerprint density at radius 1 is 0.297 bits per heavy atom. The molecule has 0 amide bonds. The Morgan fingerprint density at radius 2 is 0.609 bits per heavy atom. The minimum absolute atomic E-state index is 0.406. The van der Waals surface area contributed by atoms with Gasteiger partial charge in [0.1, 0.15) is 12.7 Å². The van der Waals surface area contributed by atoms with Gasteiger partial charge in [-0.05, 0) is 75.7 Å². The summed E-state index contributed by atoms with van der Waals surface area (Å²) in [5.74, 6) is 4.24. The van der Waals surface area contributed by atoms with Gasteiger partial charge in [-0.3, -0.25) is 4.98 Å². The van der Waals surface area contributed by atoms with Crippen molar-refractivity contribution in [2.24, 2.45) is 0 Å². The maximum absolute atomic E-state index is 4.40. The first-order valence-corrected chi connectivity index (χ1v) is 26.0. The SMILES string of the molecule is CC.CC.CC.CC.CC.CC.CC.CC.CC(C)c1ccccc1C(C)C.CC(C)c1cccnc1C(C)C.CC(C)c1cncnc1C(C)C.CC(C)c1ncnnc1C(C)C. The summed E-state index contributed by atoms with van der Waals surface area (Å²) >= 11 is 0. The zero-order valence-corrected chi connectivity index (χ0v) is 49.1. The summed E-state index contributed by atoms with van der Waals surface area (Å²) < 4.78 is 0. The van der Waals surface area contributed by atoms with Crippen molar-refractivity contribution in [3.63, 3.8) is 0 Å². The fourth-order valence-electron chi connectivity index (χ4n) is 5.39. The lowest BCUT2D eigenvalue weighted by Gasteiger charge is -2.14. The van der Waals surface area contributed by atoms with Crippen molar-refractivity contribution < 1.29 is 0 Å². The maximum Gasteiger partial charge on any atom is 0.138 e. The van der Waals surface area contributed by atoms with Crippen LogP contribution in [0, 0.1) is 0 Å². The highest BCUT2D eigenvalue weighted by Gasteiger charge is 2.13. The molecular weight excluding hydrogens is 781 g/mol. The lowest BCUT2D eigenvalue weighted by atomic mass is 9.91. The molecule has 0 aliphatic heterocycles. The second-order valence-corrected chi connectivity index (χ2v) is 14.9. The van der Waals surface area contributed by atoms with Crippen molar-refractivity contribution >= 4 is 0 Å². The smallest absolute Gasteiger partial charge is 0.138 e. The van der Waals surface area contributed by atoms with E-state index >= 15 is 0 Å². The molecular formula is C58H114N6. The zero-order chi connectivity index (χ0) is 52.6. The number of rotatable bonds is 8. The third kappa shape index (κ3) is 36.8. The lowest BCUT2D eigenvalue weighted by Crippen LogP contribution is -2.05. The van der Waals surface area contributed by atoms with Gasteiger partial charge >= 0.3 is 0 Å². The zero-order valence-electron chi connectivity index (χ0n) is 49.1. The standard InChI is InChI=1S/C12H18.C11H17N.C10H16N2.C9H15N3.8C2H6/c1-9(2)11-7-5-6-8-12(11)10(3)4;1-8(2)10-6-5-7-12-11(10)9(3)4;1-7(2)9-5-11-6-12-10(9)8(3)4;1-6(2)8-9(7(3)4)12-11-5-10-8;8*1-2/h5-10H,1-4H3;5-9H,1-4H3;5-8H,1-4H3;5-7H,1-4H3;8*1-2H3. The molecule has 0 saturated carbocycles. The van der Waals surface area contributed by atoms with Gasteiger partial charge in [0.2, 0.25) is 0 Å². The highest BCUT2D eigenvalue weighted by atomic mass is 15.1. The van der Waals surface area contributed by atoms with Gasteiger partial charge in [0.15, 0.2) is 0 Å². The number of hydrogen-bond donors (Lipinski definition) is 0. The molecule has 64 heavy (non-hydrogen) atoms. The number of hydrogen-bond acceptors (Lipinski definition) is 6. The Kier molecular flexibility index (Phi) is 67.5. The van der Waals surface area contributed by atoms with Crippen molar-refractivity contribution in [2.45, 2.75) is 269 Å². The Balaban J connectivity index is -0.0000000982. The predicted molar refractivity (Wildman–Crippen MR) is 296 cm³/mol. The van der Waals surface area contributed by atoms with E-state index in [0.717, 1.165) is 11.4 Å². The highest BCUT2D eigenvalue weighted by Crippen LogP contribution is 2.26. The predicted octanol–water partition coefficient (Wildman–Crippen LogP) is 20.3. The summed E-state index contributed by atoms with van der Waals surface area (Å²) in [4.78, 5) is 17.0. The highest BCUT2D eigenvalue weighted by molar-refractivity contribution is 5.32. The fraction of sp³-hybridized carbons (Fsp3) is 0.690. The van der Waals surface area contributed by atoms with Gasteiger partial charge < -0.3 is 0 Å². The first-order chi connectivity index (χ1) is 30.5. The molecule has 0 saturated heterocycles. The van der Waals surface area contributed by atoms with E-state index in [1.165, 1.54) is 40.0 Å². The molecule has 4 rings (SSSR count). The summed E-state index contributed by atoms with van der Waals surface area (Å²) in [5.41, 5.74) is 10.2. The van der Waals surface area contributed by atoms with Crippen LogP contribution in [-0.4, -0.2) is 30.1 Å². The van der Waals surface area contributed by atoms with Crippen LogP contribution in [0.25, 0.3) is 0 Å². The van der Waals surface area contributed by atoms with Crippen LogP contribution in [0.5, 0.6) is 0 Å². The van der Waals surface area contributed by atoms with Crippen LogP contribution in [0.2, 0.25) is 0 Å². The molecule has 6 heteroatoms. The minimum atomic E-state index is 0.406. The van der Waals surface area contributed by atoms with E-state index in [9.17, 15) is 0 Å². The van der Waals surface area contributed by atoms with Crippen molar-refractivity contribution in [3.05, 3.63) is 106 Å². The molecule has 3 aromatic heterocycles. The van der Waals surface area contributed by atoms with E-state index in [2.05, 4.69) is 171 Å². The van der Waals surface area contributed by atoms with Crippen LogP contribution < -0.4 is 0 Å². The second-order valence-electron chi connectivity index (χ2n) is 14.9. The Hall–Kier alpha value is -3.54. The van der Waals surface area contributed by atoms with Gasteiger partial charge in [-0.1, -0.05) is 252 Å². The molecule has 3 heterocycles. The number of benzene rings is 1. The minimum Gasteiger partial charge on any atom is -0.261 e. The van der Waals surface area contributed by atoms with Gasteiger partial charge in [0.25, 0.3) is 0 Å². The average molecular weight is 896 g/mol. The Labute approximate surface area is 404 Å². The largest absolute Gasteiger partial charge is 0.261 e. The van der Waals surface area contributed by atoms with E-state index in [1.54, 1.807) is 6.33 Å². The third-order valence-electron chi connectivity index (χ3n) is 7.99. The number of aromatic nitrogens is 6. The van der Waals surface area contributed by atoms with Crippen molar-refractivity contribution in [3.8, 4) is 0 Å². The molecule has 0 spiro atoms. The molecule has 0 aliphatic carbocycles. The Bertz CT molecular complexity index is 1130. The van der Waals surface area contributed by atoms with Crippen molar-refractivity contribution in [1.29, 1.82) is 0 Å². The average Bonchev–Trinajstić information content (AvgIpc) is 3.34. The number of pyridine rings is 1. The lowest BCUT2D eigenvalue weighted by molar-refractivity contribution is 0.694. The van der Waals surface area contributed by atoms with Crippen LogP contribution in [0.4, 0.5) is 0 Å². The summed E-state index contributed by atoms with van der Waals surface area (Å²) in [6, 6.07) is 12.9. The first kappa shape index (κ1) is 77.7. The van der Waals surface area contributed by atoms with E-state index in [0.29, 0.717) is 47.3 Å². The molecule has 0 atom stereocenters. The number of nitrogens with zero attached hydrogens (tertiary/aromatic N) is 6. The van der Waals surface area contributed by atoms with Crippen molar-refractivity contribution in [2.75, 3.05) is 0 Å². The van der Waals surface area contributed by atoms with Gasteiger partial charge in [-0.15, -0.1) is 5.10 Å².